The van der Waals surface area contributed by atoms with Crippen LogP contribution in [0.3, 0.4) is 0 Å². The van der Waals surface area contributed by atoms with Crippen LogP contribution in [0.2, 0.25) is 0 Å². The predicted octanol–water partition coefficient (Wildman–Crippen LogP) is 2.86. The van der Waals surface area contributed by atoms with Crippen LogP contribution < -0.4 is 10.6 Å². The summed E-state index contributed by atoms with van der Waals surface area (Å²) in [6.45, 7) is 8.55. The van der Waals surface area contributed by atoms with Gasteiger partial charge in [0.15, 0.2) is 5.82 Å². The van der Waals surface area contributed by atoms with E-state index in [2.05, 4.69) is 35.9 Å². The van der Waals surface area contributed by atoms with Gasteiger partial charge in [0.05, 0.1) is 11.3 Å². The lowest BCUT2D eigenvalue weighted by Gasteiger charge is -2.34. The van der Waals surface area contributed by atoms with Crippen molar-refractivity contribution in [1.82, 2.24) is 10.2 Å². The zero-order valence-electron chi connectivity index (χ0n) is 13.4. The normalized spacial score (nSPS) is 18.8. The van der Waals surface area contributed by atoms with Gasteiger partial charge in [-0.1, -0.05) is 39.4 Å². The Kier molecular flexibility index (Phi) is 5.51. The van der Waals surface area contributed by atoms with Crippen molar-refractivity contribution >= 4 is 23.0 Å². The topological polar surface area (TPSA) is 55.0 Å². The molecule has 0 aliphatic carbocycles. The largest absolute Gasteiger partial charge is 0.389 e. The molecule has 4 nitrogen and oxygen atoms in total. The molecule has 116 valence electrons. The van der Waals surface area contributed by atoms with Crippen molar-refractivity contribution in [2.24, 2.45) is 11.7 Å². The van der Waals surface area contributed by atoms with E-state index in [9.17, 15) is 0 Å². The summed E-state index contributed by atoms with van der Waals surface area (Å²) in [5.74, 6) is 1.63. The van der Waals surface area contributed by atoms with Crippen LogP contribution in [0.15, 0.2) is 0 Å². The third-order valence-electron chi connectivity index (χ3n) is 4.47. The highest BCUT2D eigenvalue weighted by Crippen LogP contribution is 2.28. The lowest BCUT2D eigenvalue weighted by Crippen LogP contribution is -2.37. The number of rotatable bonds is 5. The Morgan fingerprint density at radius 1 is 1.29 bits per heavy atom. The Balaban J connectivity index is 2.45. The first-order valence-electron chi connectivity index (χ1n) is 8.05. The molecule has 0 radical (unpaired) electrons. The van der Waals surface area contributed by atoms with Crippen LogP contribution >= 0.6 is 12.2 Å². The van der Waals surface area contributed by atoms with Crippen molar-refractivity contribution in [2.75, 3.05) is 18.0 Å². The summed E-state index contributed by atoms with van der Waals surface area (Å²) < 4.78 is 0. The van der Waals surface area contributed by atoms with Gasteiger partial charge < -0.3 is 10.6 Å². The maximum absolute atomic E-state index is 6.03. The van der Waals surface area contributed by atoms with E-state index in [0.717, 1.165) is 48.9 Å². The molecule has 0 amide bonds. The number of thiocarbonyl (C=S) groups is 1. The van der Waals surface area contributed by atoms with Gasteiger partial charge in [-0.3, -0.25) is 0 Å². The summed E-state index contributed by atoms with van der Waals surface area (Å²) >= 11 is 5.32. The minimum atomic E-state index is 0.449. The highest BCUT2D eigenvalue weighted by molar-refractivity contribution is 7.80. The molecule has 0 bridgehead atoms. The Morgan fingerprint density at radius 3 is 2.62 bits per heavy atom. The van der Waals surface area contributed by atoms with Gasteiger partial charge in [-0.15, -0.1) is 5.10 Å². The second-order valence-electron chi connectivity index (χ2n) is 5.76. The molecule has 2 heterocycles. The van der Waals surface area contributed by atoms with Gasteiger partial charge in [0.1, 0.15) is 4.99 Å². The zero-order chi connectivity index (χ0) is 15.4. The lowest BCUT2D eigenvalue weighted by molar-refractivity contribution is 0.402. The number of aromatic nitrogens is 2. The highest BCUT2D eigenvalue weighted by atomic mass is 32.1. The first-order valence-corrected chi connectivity index (χ1v) is 8.46. The average molecular weight is 306 g/mol. The number of hydrogen-bond acceptors (Lipinski definition) is 4. The zero-order valence-corrected chi connectivity index (χ0v) is 14.2. The van der Waals surface area contributed by atoms with Crippen LogP contribution in [0.25, 0.3) is 0 Å². The number of piperidine rings is 1. The third-order valence-corrected chi connectivity index (χ3v) is 4.67. The van der Waals surface area contributed by atoms with Crippen LogP contribution in [0.1, 0.15) is 56.9 Å². The molecule has 0 spiro atoms. The van der Waals surface area contributed by atoms with Crippen molar-refractivity contribution in [3.8, 4) is 0 Å². The predicted molar refractivity (Wildman–Crippen MR) is 91.9 cm³/mol. The molecular weight excluding hydrogens is 280 g/mol. The summed E-state index contributed by atoms with van der Waals surface area (Å²) in [6.07, 6.45) is 5.47. The van der Waals surface area contributed by atoms with Crippen LogP contribution in [0.5, 0.6) is 0 Å². The van der Waals surface area contributed by atoms with Gasteiger partial charge in [0, 0.05) is 13.1 Å². The number of nitrogens with two attached hydrogens (primary N) is 1. The third kappa shape index (κ3) is 3.34. The quantitative estimate of drug-likeness (QED) is 0.848. The van der Waals surface area contributed by atoms with Crippen LogP contribution in [-0.2, 0) is 12.8 Å². The Bertz CT molecular complexity index is 515. The lowest BCUT2D eigenvalue weighted by atomic mass is 9.94. The summed E-state index contributed by atoms with van der Waals surface area (Å²) in [4.78, 5) is 2.78. The van der Waals surface area contributed by atoms with Gasteiger partial charge >= 0.3 is 0 Å². The second-order valence-corrected chi connectivity index (χ2v) is 6.20. The molecule has 1 aromatic rings. The van der Waals surface area contributed by atoms with E-state index >= 15 is 0 Å². The molecule has 0 aromatic carbocycles. The minimum Gasteiger partial charge on any atom is -0.389 e. The van der Waals surface area contributed by atoms with E-state index in [1.165, 1.54) is 24.8 Å². The monoisotopic (exact) mass is 306 g/mol. The molecule has 1 fully saturated rings. The fourth-order valence-electron chi connectivity index (χ4n) is 3.23. The molecule has 1 aromatic heterocycles. The fraction of sp³-hybridized carbons (Fsp3) is 0.688. The number of anilines is 1. The molecule has 2 rings (SSSR count). The Hall–Kier alpha value is -1.23. The number of nitrogens with zero attached hydrogens (tertiary/aromatic N) is 3. The summed E-state index contributed by atoms with van der Waals surface area (Å²) in [5.41, 5.74) is 9.18. The van der Waals surface area contributed by atoms with E-state index in [0.29, 0.717) is 4.99 Å². The molecule has 1 saturated heterocycles. The molecule has 5 heteroatoms. The van der Waals surface area contributed by atoms with E-state index in [1.807, 2.05) is 0 Å². The smallest absolute Gasteiger partial charge is 0.161 e. The molecular formula is C16H26N4S. The summed E-state index contributed by atoms with van der Waals surface area (Å²) in [5, 5.41) is 8.91. The van der Waals surface area contributed by atoms with Crippen molar-refractivity contribution in [3.05, 3.63) is 16.8 Å². The van der Waals surface area contributed by atoms with E-state index in [4.69, 9.17) is 18.0 Å². The van der Waals surface area contributed by atoms with Crippen molar-refractivity contribution in [1.29, 1.82) is 0 Å². The molecule has 1 atom stereocenters. The van der Waals surface area contributed by atoms with Crippen molar-refractivity contribution in [3.63, 3.8) is 0 Å². The van der Waals surface area contributed by atoms with E-state index in [1.54, 1.807) is 0 Å². The standard InChI is InChI=1S/C16H26N4S/c1-4-11-8-7-9-20(10-11)16-14(15(17)21)12(5-2)13(6-3)18-19-16/h11H,4-10H2,1-3H3,(H2,17,21). The van der Waals surface area contributed by atoms with Gasteiger partial charge in [-0.05, 0) is 37.2 Å². The van der Waals surface area contributed by atoms with Crippen LogP contribution in [0, 0.1) is 5.92 Å². The van der Waals surface area contributed by atoms with Crippen LogP contribution in [-0.4, -0.2) is 28.3 Å². The van der Waals surface area contributed by atoms with Gasteiger partial charge in [-0.2, -0.15) is 5.10 Å². The van der Waals surface area contributed by atoms with Crippen molar-refractivity contribution in [2.45, 2.75) is 52.9 Å². The number of aryl methyl sites for hydroxylation is 1. The molecule has 21 heavy (non-hydrogen) atoms. The SMILES string of the molecule is CCc1nnc(N2CCCC(CC)C2)c(C(N)=S)c1CC. The van der Waals surface area contributed by atoms with Gasteiger partial charge in [-0.25, -0.2) is 0 Å². The maximum Gasteiger partial charge on any atom is 0.161 e. The van der Waals surface area contributed by atoms with E-state index in [-0.39, 0.29) is 0 Å². The first-order chi connectivity index (χ1) is 10.1. The summed E-state index contributed by atoms with van der Waals surface area (Å²) in [7, 11) is 0. The molecule has 1 unspecified atom stereocenters. The average Bonchev–Trinajstić information content (AvgIpc) is 2.53. The molecule has 1 aliphatic rings. The van der Waals surface area contributed by atoms with Gasteiger partial charge in [0.2, 0.25) is 0 Å². The Morgan fingerprint density at radius 2 is 2.05 bits per heavy atom. The second kappa shape index (κ2) is 7.16. The molecule has 1 aliphatic heterocycles. The minimum absolute atomic E-state index is 0.449. The molecule has 2 N–H and O–H groups in total. The van der Waals surface area contributed by atoms with Gasteiger partial charge in [0.25, 0.3) is 0 Å². The molecule has 0 saturated carbocycles. The van der Waals surface area contributed by atoms with Crippen LogP contribution in [0.4, 0.5) is 5.82 Å². The highest BCUT2D eigenvalue weighted by Gasteiger charge is 2.25. The van der Waals surface area contributed by atoms with E-state index < -0.39 is 0 Å². The fourth-order valence-corrected chi connectivity index (χ4v) is 3.45. The number of hydrogen-bond donors (Lipinski definition) is 1. The first kappa shape index (κ1) is 16.1. The van der Waals surface area contributed by atoms with Crippen molar-refractivity contribution < 1.29 is 0 Å². The summed E-state index contributed by atoms with van der Waals surface area (Å²) in [6, 6.07) is 0. The Labute approximate surface area is 133 Å². The maximum atomic E-state index is 6.03.